The van der Waals surface area contributed by atoms with Gasteiger partial charge in [0.25, 0.3) is 11.8 Å². The summed E-state index contributed by atoms with van der Waals surface area (Å²) in [5.74, 6) is 0.284. The summed E-state index contributed by atoms with van der Waals surface area (Å²) < 4.78 is 1.68. The van der Waals surface area contributed by atoms with Gasteiger partial charge < -0.3 is 15.2 Å². The Labute approximate surface area is 172 Å². The average Bonchev–Trinajstić information content (AvgIpc) is 3.07. The Morgan fingerprint density at radius 1 is 1.14 bits per heavy atom. The van der Waals surface area contributed by atoms with Crippen molar-refractivity contribution in [2.24, 2.45) is 5.92 Å². The maximum absolute atomic E-state index is 13.0. The normalized spacial score (nSPS) is 15.0. The summed E-state index contributed by atoms with van der Waals surface area (Å²) >= 11 is 6.63. The summed E-state index contributed by atoms with van der Waals surface area (Å²) in [6.07, 6.45) is 2.01. The fraction of sp³-hybridized carbons (Fsp3) is 0.286. The number of carbonyl (C=O) groups is 2. The van der Waals surface area contributed by atoms with Crippen LogP contribution in [0.4, 0.5) is 5.69 Å². The first-order valence-electron chi connectivity index (χ1n) is 9.34. The van der Waals surface area contributed by atoms with E-state index in [1.54, 1.807) is 24.3 Å². The lowest BCUT2D eigenvalue weighted by atomic mass is 9.97. The molecule has 28 heavy (non-hydrogen) atoms. The number of carbonyl (C=O) groups excluding carboxylic acids is 2. The first kappa shape index (κ1) is 18.8. The molecule has 1 aromatic heterocycles. The molecule has 1 saturated heterocycles. The van der Waals surface area contributed by atoms with Crippen LogP contribution in [0.25, 0.3) is 10.2 Å². The highest BCUT2D eigenvalue weighted by atomic mass is 32.1. The fourth-order valence-corrected chi connectivity index (χ4v) is 4.63. The molecule has 0 bridgehead atoms. The minimum atomic E-state index is -0.284. The molecular formula is C21H21N3O2S2. The van der Waals surface area contributed by atoms with Gasteiger partial charge in [0.2, 0.25) is 0 Å². The molecule has 2 amide bonds. The highest BCUT2D eigenvalue weighted by Crippen LogP contribution is 2.24. The largest absolute Gasteiger partial charge is 0.339 e. The number of benzene rings is 2. The van der Waals surface area contributed by atoms with Gasteiger partial charge in [-0.2, -0.15) is 0 Å². The number of rotatable bonds is 3. The number of piperidine rings is 1. The van der Waals surface area contributed by atoms with Crippen molar-refractivity contribution >= 4 is 51.3 Å². The number of hydrogen-bond acceptors (Lipinski definition) is 4. The van der Waals surface area contributed by atoms with Crippen molar-refractivity contribution < 1.29 is 9.59 Å². The molecule has 4 rings (SSSR count). The van der Waals surface area contributed by atoms with Gasteiger partial charge in [0.05, 0.1) is 21.3 Å². The first-order valence-corrected chi connectivity index (χ1v) is 10.6. The van der Waals surface area contributed by atoms with Crippen molar-refractivity contribution in [3.8, 4) is 0 Å². The Bertz CT molecular complexity index is 1090. The van der Waals surface area contributed by atoms with Crippen molar-refractivity contribution in [3.05, 3.63) is 57.5 Å². The maximum atomic E-state index is 13.0. The monoisotopic (exact) mass is 411 g/mol. The highest BCUT2D eigenvalue weighted by Gasteiger charge is 2.25. The van der Waals surface area contributed by atoms with Gasteiger partial charge in [0, 0.05) is 18.8 Å². The van der Waals surface area contributed by atoms with Crippen LogP contribution >= 0.6 is 23.6 Å². The number of fused-ring (bicyclic) bond motifs is 1. The quantitative estimate of drug-likeness (QED) is 0.591. The van der Waals surface area contributed by atoms with E-state index in [1.807, 2.05) is 23.1 Å². The molecular weight excluding hydrogens is 390 g/mol. The van der Waals surface area contributed by atoms with Gasteiger partial charge in [-0.1, -0.05) is 19.1 Å². The number of amides is 2. The Hall–Kier alpha value is -2.51. The lowest BCUT2D eigenvalue weighted by Gasteiger charge is -2.30. The SMILES string of the molecule is CC1CCN(C(=O)c2ccccc2C(=O)Nc2ccc3[nH]c(=S)sc3c2)CC1. The van der Waals surface area contributed by atoms with Crippen LogP contribution in [0.15, 0.2) is 42.5 Å². The van der Waals surface area contributed by atoms with Crippen LogP contribution < -0.4 is 5.32 Å². The van der Waals surface area contributed by atoms with Crippen molar-refractivity contribution in [3.63, 3.8) is 0 Å². The van der Waals surface area contributed by atoms with E-state index in [0.29, 0.717) is 26.7 Å². The molecule has 0 aliphatic carbocycles. The smallest absolute Gasteiger partial charge is 0.256 e. The molecule has 1 aliphatic rings. The fourth-order valence-electron chi connectivity index (χ4n) is 3.47. The van der Waals surface area contributed by atoms with E-state index in [0.717, 1.165) is 36.1 Å². The topological polar surface area (TPSA) is 65.2 Å². The van der Waals surface area contributed by atoms with E-state index in [-0.39, 0.29) is 11.8 Å². The third-order valence-electron chi connectivity index (χ3n) is 5.15. The third-order valence-corrected chi connectivity index (χ3v) is 6.35. The van der Waals surface area contributed by atoms with Crippen molar-refractivity contribution in [2.45, 2.75) is 19.8 Å². The molecule has 2 N–H and O–H groups in total. The molecule has 2 aromatic carbocycles. The number of nitrogens with one attached hydrogen (secondary N) is 2. The van der Waals surface area contributed by atoms with Crippen LogP contribution in [-0.4, -0.2) is 34.8 Å². The van der Waals surface area contributed by atoms with E-state index in [2.05, 4.69) is 17.2 Å². The zero-order chi connectivity index (χ0) is 19.7. The number of anilines is 1. The molecule has 0 atom stereocenters. The zero-order valence-electron chi connectivity index (χ0n) is 15.5. The molecule has 0 spiro atoms. The second-order valence-electron chi connectivity index (χ2n) is 7.20. The second-order valence-corrected chi connectivity index (χ2v) is 8.92. The van der Waals surface area contributed by atoms with Gasteiger partial charge in [-0.05, 0) is 61.3 Å². The number of likely N-dealkylation sites (tertiary alicyclic amines) is 1. The molecule has 3 aromatic rings. The van der Waals surface area contributed by atoms with Crippen molar-refractivity contribution in [2.75, 3.05) is 18.4 Å². The molecule has 144 valence electrons. The van der Waals surface area contributed by atoms with Crippen LogP contribution in [0.3, 0.4) is 0 Å². The van der Waals surface area contributed by atoms with Crippen molar-refractivity contribution in [1.82, 2.24) is 9.88 Å². The van der Waals surface area contributed by atoms with E-state index in [4.69, 9.17) is 12.2 Å². The van der Waals surface area contributed by atoms with Crippen LogP contribution in [0.1, 0.15) is 40.5 Å². The Kier molecular flexibility index (Phi) is 5.28. The second kappa shape index (κ2) is 7.85. The van der Waals surface area contributed by atoms with Gasteiger partial charge in [-0.15, -0.1) is 11.3 Å². The van der Waals surface area contributed by atoms with Crippen LogP contribution in [0.5, 0.6) is 0 Å². The number of nitrogens with zero attached hydrogens (tertiary/aromatic N) is 1. The van der Waals surface area contributed by atoms with E-state index in [1.165, 1.54) is 11.3 Å². The molecule has 7 heteroatoms. The summed E-state index contributed by atoms with van der Waals surface area (Å²) in [5, 5.41) is 2.91. The molecule has 0 radical (unpaired) electrons. The van der Waals surface area contributed by atoms with Crippen LogP contribution in [-0.2, 0) is 0 Å². The lowest BCUT2D eigenvalue weighted by Crippen LogP contribution is -2.38. The molecule has 5 nitrogen and oxygen atoms in total. The van der Waals surface area contributed by atoms with Crippen LogP contribution in [0.2, 0.25) is 0 Å². The minimum absolute atomic E-state index is 0.0725. The van der Waals surface area contributed by atoms with E-state index in [9.17, 15) is 9.59 Å². The van der Waals surface area contributed by atoms with Crippen molar-refractivity contribution in [1.29, 1.82) is 0 Å². The summed E-state index contributed by atoms with van der Waals surface area (Å²) in [7, 11) is 0. The summed E-state index contributed by atoms with van der Waals surface area (Å²) in [6, 6.07) is 12.6. The zero-order valence-corrected chi connectivity index (χ0v) is 17.2. The maximum Gasteiger partial charge on any atom is 0.256 e. The Balaban J connectivity index is 1.57. The molecule has 0 unspecified atom stereocenters. The molecule has 1 aliphatic heterocycles. The number of aromatic nitrogens is 1. The van der Waals surface area contributed by atoms with E-state index < -0.39 is 0 Å². The number of hydrogen-bond donors (Lipinski definition) is 2. The minimum Gasteiger partial charge on any atom is -0.339 e. The molecule has 0 saturated carbocycles. The van der Waals surface area contributed by atoms with Gasteiger partial charge in [-0.3, -0.25) is 9.59 Å². The van der Waals surface area contributed by atoms with Crippen LogP contribution in [0, 0.1) is 9.87 Å². The Morgan fingerprint density at radius 3 is 2.61 bits per heavy atom. The average molecular weight is 412 g/mol. The van der Waals surface area contributed by atoms with Gasteiger partial charge in [0.1, 0.15) is 0 Å². The van der Waals surface area contributed by atoms with Gasteiger partial charge in [-0.25, -0.2) is 0 Å². The number of aromatic amines is 1. The predicted octanol–water partition coefficient (Wildman–Crippen LogP) is 5.08. The Morgan fingerprint density at radius 2 is 1.86 bits per heavy atom. The molecule has 2 heterocycles. The number of H-pyrrole nitrogens is 1. The highest BCUT2D eigenvalue weighted by molar-refractivity contribution is 7.73. The number of thiazole rings is 1. The van der Waals surface area contributed by atoms with Gasteiger partial charge >= 0.3 is 0 Å². The predicted molar refractivity (Wildman–Crippen MR) is 116 cm³/mol. The summed E-state index contributed by atoms with van der Waals surface area (Å²) in [6.45, 7) is 3.69. The molecule has 1 fully saturated rings. The summed E-state index contributed by atoms with van der Waals surface area (Å²) in [4.78, 5) is 30.9. The van der Waals surface area contributed by atoms with E-state index >= 15 is 0 Å². The standard InChI is InChI=1S/C21H21N3O2S2/c1-13-8-10-24(11-9-13)20(26)16-5-3-2-4-15(16)19(25)22-14-6-7-17-18(12-14)28-21(27)23-17/h2-7,12-13H,8-11H2,1H3,(H,22,25)(H,23,27). The lowest BCUT2D eigenvalue weighted by molar-refractivity contribution is 0.0693. The first-order chi connectivity index (χ1) is 13.5. The summed E-state index contributed by atoms with van der Waals surface area (Å²) in [5.41, 5.74) is 2.47. The third kappa shape index (κ3) is 3.86. The van der Waals surface area contributed by atoms with Gasteiger partial charge in [0.15, 0.2) is 3.95 Å².